The number of benzene rings is 2. The molecule has 1 saturated heterocycles. The molecule has 0 aliphatic carbocycles. The molecule has 1 aliphatic rings. The number of hydrogen-bond acceptors (Lipinski definition) is 3. The number of ether oxygens (including phenoxy) is 1. The molecule has 0 aromatic heterocycles. The van der Waals surface area contributed by atoms with E-state index in [0.717, 1.165) is 18.4 Å². The first-order valence-electron chi connectivity index (χ1n) is 10.7. The van der Waals surface area contributed by atoms with E-state index in [-0.39, 0.29) is 37.0 Å². The van der Waals surface area contributed by atoms with Crippen LogP contribution in [0.15, 0.2) is 48.5 Å². The van der Waals surface area contributed by atoms with Gasteiger partial charge in [-0.25, -0.2) is 9.18 Å². The number of carbonyl (C=O) groups is 2. The molecule has 2 atom stereocenters. The average Bonchev–Trinajstić information content (AvgIpc) is 3.28. The Morgan fingerprint density at radius 1 is 1.28 bits per heavy atom. The minimum atomic E-state index is -0.410. The highest BCUT2D eigenvalue weighted by Crippen LogP contribution is 2.19. The van der Waals surface area contributed by atoms with Crippen LogP contribution in [0.25, 0.3) is 0 Å². The maximum Gasteiger partial charge on any atom is 0.318 e. The average molecular weight is 438 g/mol. The Bertz CT molecular complexity index is 982. The zero-order valence-electron chi connectivity index (χ0n) is 18.1. The number of nitrogens with zero attached hydrogens (tertiary/aromatic N) is 1. The van der Waals surface area contributed by atoms with E-state index >= 15 is 0 Å². The molecule has 0 unspecified atom stereocenters. The summed E-state index contributed by atoms with van der Waals surface area (Å²) in [6.07, 6.45) is 7.29. The van der Waals surface area contributed by atoms with E-state index in [1.54, 1.807) is 41.3 Å². The molecule has 0 spiro atoms. The number of urea groups is 1. The number of nitrogens with one attached hydrogen (secondary N) is 2. The van der Waals surface area contributed by atoms with Crippen molar-refractivity contribution in [3.05, 3.63) is 65.5 Å². The van der Waals surface area contributed by atoms with Crippen molar-refractivity contribution in [1.82, 2.24) is 10.2 Å². The van der Waals surface area contributed by atoms with Gasteiger partial charge in [0.2, 0.25) is 5.91 Å². The van der Waals surface area contributed by atoms with Crippen LogP contribution in [-0.4, -0.2) is 42.6 Å². The van der Waals surface area contributed by atoms with Gasteiger partial charge in [0.05, 0.1) is 25.1 Å². The summed E-state index contributed by atoms with van der Waals surface area (Å²) in [7, 11) is 0. The van der Waals surface area contributed by atoms with Crippen LogP contribution in [0.3, 0.4) is 0 Å². The fraction of sp³-hybridized carbons (Fsp3) is 0.360. The van der Waals surface area contributed by atoms with Crippen molar-refractivity contribution in [3.63, 3.8) is 0 Å². The number of halogens is 1. The molecule has 7 heteroatoms. The molecule has 1 heterocycles. The van der Waals surface area contributed by atoms with E-state index in [4.69, 9.17) is 11.2 Å². The van der Waals surface area contributed by atoms with Gasteiger partial charge in [0, 0.05) is 18.8 Å². The first-order valence-corrected chi connectivity index (χ1v) is 10.7. The van der Waals surface area contributed by atoms with Gasteiger partial charge in [0.25, 0.3) is 0 Å². The third-order valence-electron chi connectivity index (χ3n) is 5.34. The predicted molar refractivity (Wildman–Crippen MR) is 122 cm³/mol. The summed E-state index contributed by atoms with van der Waals surface area (Å²) in [5.74, 6) is 1.80. The maximum absolute atomic E-state index is 13.8. The fourth-order valence-electron chi connectivity index (χ4n) is 3.63. The van der Waals surface area contributed by atoms with Crippen LogP contribution in [-0.2, 0) is 16.0 Å². The van der Waals surface area contributed by atoms with Gasteiger partial charge in [-0.15, -0.1) is 6.42 Å². The largest absolute Gasteiger partial charge is 0.376 e. The monoisotopic (exact) mass is 437 g/mol. The molecule has 0 radical (unpaired) electrons. The summed E-state index contributed by atoms with van der Waals surface area (Å²) in [5.41, 5.74) is 1.73. The van der Waals surface area contributed by atoms with Gasteiger partial charge in [-0.2, -0.15) is 0 Å². The van der Waals surface area contributed by atoms with Gasteiger partial charge < -0.3 is 20.3 Å². The summed E-state index contributed by atoms with van der Waals surface area (Å²) in [6, 6.07) is 12.8. The van der Waals surface area contributed by atoms with Crippen molar-refractivity contribution in [1.29, 1.82) is 0 Å². The summed E-state index contributed by atoms with van der Waals surface area (Å²) in [5, 5.41) is 5.74. The fourth-order valence-corrected chi connectivity index (χ4v) is 3.63. The van der Waals surface area contributed by atoms with Crippen LogP contribution in [0.1, 0.15) is 36.9 Å². The van der Waals surface area contributed by atoms with E-state index in [1.165, 1.54) is 6.07 Å². The third-order valence-corrected chi connectivity index (χ3v) is 5.34. The molecule has 3 rings (SSSR count). The minimum Gasteiger partial charge on any atom is -0.376 e. The zero-order chi connectivity index (χ0) is 22.9. The lowest BCUT2D eigenvalue weighted by atomic mass is 10.1. The van der Waals surface area contributed by atoms with Crippen LogP contribution in [0.2, 0.25) is 0 Å². The van der Waals surface area contributed by atoms with Crippen molar-refractivity contribution in [3.8, 4) is 12.3 Å². The SMILES string of the molecule is C#CCN(C[C@@H]1CCCO1)C(=O)N[C@H](C)c1cccc(NC(=O)Cc2ccccc2F)c1. The highest BCUT2D eigenvalue weighted by atomic mass is 19.1. The number of carbonyl (C=O) groups excluding carboxylic acids is 2. The normalized spacial score (nSPS) is 16.1. The Balaban J connectivity index is 1.59. The lowest BCUT2D eigenvalue weighted by molar-refractivity contribution is -0.115. The molecule has 2 aromatic carbocycles. The molecule has 168 valence electrons. The van der Waals surface area contributed by atoms with Crippen molar-refractivity contribution in [2.45, 2.75) is 38.3 Å². The van der Waals surface area contributed by atoms with E-state index in [2.05, 4.69) is 16.6 Å². The van der Waals surface area contributed by atoms with Gasteiger partial charge in [-0.1, -0.05) is 36.3 Å². The molecule has 2 aromatic rings. The number of amides is 3. The van der Waals surface area contributed by atoms with Crippen LogP contribution >= 0.6 is 0 Å². The lowest BCUT2D eigenvalue weighted by Crippen LogP contribution is -2.44. The van der Waals surface area contributed by atoms with Gasteiger partial charge in [0.15, 0.2) is 0 Å². The van der Waals surface area contributed by atoms with E-state index in [9.17, 15) is 14.0 Å². The van der Waals surface area contributed by atoms with Crippen LogP contribution in [0, 0.1) is 18.2 Å². The number of anilines is 1. The molecule has 3 amide bonds. The minimum absolute atomic E-state index is 0.0115. The highest BCUT2D eigenvalue weighted by molar-refractivity contribution is 5.92. The van der Waals surface area contributed by atoms with Crippen molar-refractivity contribution in [2.24, 2.45) is 0 Å². The van der Waals surface area contributed by atoms with Crippen molar-refractivity contribution < 1.29 is 18.7 Å². The first-order chi connectivity index (χ1) is 15.5. The second kappa shape index (κ2) is 11.3. The topological polar surface area (TPSA) is 70.7 Å². The Morgan fingerprint density at radius 3 is 2.81 bits per heavy atom. The Hall–Kier alpha value is -3.37. The lowest BCUT2D eigenvalue weighted by Gasteiger charge is -2.26. The van der Waals surface area contributed by atoms with Crippen molar-refractivity contribution >= 4 is 17.6 Å². The molecule has 0 saturated carbocycles. The second-order valence-corrected chi connectivity index (χ2v) is 7.83. The quantitative estimate of drug-likeness (QED) is 0.616. The second-order valence-electron chi connectivity index (χ2n) is 7.83. The summed E-state index contributed by atoms with van der Waals surface area (Å²) in [4.78, 5) is 26.7. The molecular weight excluding hydrogens is 409 g/mol. The number of terminal acetylenes is 1. The standard InChI is InChI=1S/C25H28FN3O3/c1-3-13-29(17-22-11-7-14-32-22)25(31)27-18(2)19-9-6-10-21(15-19)28-24(30)16-20-8-4-5-12-23(20)26/h1,4-6,8-10,12,15,18,22H,7,11,13-14,16-17H2,2H3,(H,27,31)(H,28,30)/t18-,22+/m1/s1. The van der Waals surface area contributed by atoms with E-state index in [1.807, 2.05) is 13.0 Å². The van der Waals surface area contributed by atoms with Gasteiger partial charge in [0.1, 0.15) is 5.82 Å². The van der Waals surface area contributed by atoms with Crippen LogP contribution in [0.4, 0.5) is 14.9 Å². The number of hydrogen-bond donors (Lipinski definition) is 2. The molecule has 6 nitrogen and oxygen atoms in total. The van der Waals surface area contributed by atoms with Gasteiger partial charge in [-0.05, 0) is 49.1 Å². The Labute approximate surface area is 188 Å². The van der Waals surface area contributed by atoms with Crippen molar-refractivity contribution in [2.75, 3.05) is 25.0 Å². The van der Waals surface area contributed by atoms with E-state index < -0.39 is 5.82 Å². The predicted octanol–water partition coefficient (Wildman–Crippen LogP) is 3.89. The molecule has 1 aliphatic heterocycles. The molecule has 1 fully saturated rings. The maximum atomic E-state index is 13.8. The summed E-state index contributed by atoms with van der Waals surface area (Å²) < 4.78 is 19.4. The van der Waals surface area contributed by atoms with Crippen LogP contribution in [0.5, 0.6) is 0 Å². The molecular formula is C25H28FN3O3. The Kier molecular flexibility index (Phi) is 8.23. The Morgan fingerprint density at radius 2 is 2.09 bits per heavy atom. The smallest absolute Gasteiger partial charge is 0.318 e. The summed E-state index contributed by atoms with van der Waals surface area (Å²) >= 11 is 0. The first kappa shape index (κ1) is 23.3. The summed E-state index contributed by atoms with van der Waals surface area (Å²) in [6.45, 7) is 3.22. The molecule has 2 N–H and O–H groups in total. The number of rotatable bonds is 8. The van der Waals surface area contributed by atoms with Gasteiger partial charge in [-0.3, -0.25) is 4.79 Å². The van der Waals surface area contributed by atoms with Crippen LogP contribution < -0.4 is 10.6 Å². The molecule has 32 heavy (non-hydrogen) atoms. The third kappa shape index (κ3) is 6.56. The molecule has 0 bridgehead atoms. The van der Waals surface area contributed by atoms with Gasteiger partial charge >= 0.3 is 6.03 Å². The zero-order valence-corrected chi connectivity index (χ0v) is 18.1. The van der Waals surface area contributed by atoms with E-state index in [0.29, 0.717) is 24.4 Å². The highest BCUT2D eigenvalue weighted by Gasteiger charge is 2.23.